The SMILES string of the molecule is CC(C)(C)c1ccc(OP(=O)(Oc2ccccc2-c2ccccc2)Oc2ccccc2-c2ccccc2)cc1. The van der Waals surface area contributed by atoms with Gasteiger partial charge in [0.25, 0.3) is 0 Å². The molecule has 0 bridgehead atoms. The molecule has 0 N–H and O–H groups in total. The van der Waals surface area contributed by atoms with Crippen molar-refractivity contribution < 1.29 is 18.1 Å². The monoisotopic (exact) mass is 534 g/mol. The highest BCUT2D eigenvalue weighted by Crippen LogP contribution is 2.53. The number of phosphoric acid groups is 1. The molecule has 0 aliphatic heterocycles. The molecule has 0 saturated carbocycles. The van der Waals surface area contributed by atoms with Crippen molar-refractivity contribution in [3.8, 4) is 39.5 Å². The topological polar surface area (TPSA) is 44.8 Å². The van der Waals surface area contributed by atoms with Gasteiger partial charge in [-0.3, -0.25) is 0 Å². The van der Waals surface area contributed by atoms with E-state index in [1.807, 2.05) is 109 Å². The minimum atomic E-state index is -4.24. The fourth-order valence-corrected chi connectivity index (χ4v) is 5.54. The highest BCUT2D eigenvalue weighted by Gasteiger charge is 2.35. The van der Waals surface area contributed by atoms with Crippen molar-refractivity contribution in [3.63, 3.8) is 0 Å². The Morgan fingerprint density at radius 1 is 0.487 bits per heavy atom. The molecule has 0 unspecified atom stereocenters. The van der Waals surface area contributed by atoms with Gasteiger partial charge in [0.2, 0.25) is 0 Å². The predicted octanol–water partition coefficient (Wildman–Crippen LogP) is 9.96. The van der Waals surface area contributed by atoms with Crippen LogP contribution in [0.2, 0.25) is 0 Å². The van der Waals surface area contributed by atoms with Crippen molar-refractivity contribution in [2.45, 2.75) is 26.2 Å². The van der Waals surface area contributed by atoms with Crippen LogP contribution in [0.5, 0.6) is 17.2 Å². The van der Waals surface area contributed by atoms with Gasteiger partial charge in [-0.15, -0.1) is 0 Å². The zero-order chi connectivity index (χ0) is 27.3. The van der Waals surface area contributed by atoms with E-state index in [-0.39, 0.29) is 5.41 Å². The number of hydrogen-bond acceptors (Lipinski definition) is 4. The zero-order valence-corrected chi connectivity index (χ0v) is 23.2. The van der Waals surface area contributed by atoms with Gasteiger partial charge in [-0.05, 0) is 46.4 Å². The lowest BCUT2D eigenvalue weighted by Gasteiger charge is -2.23. The van der Waals surface area contributed by atoms with Crippen LogP contribution in [0.25, 0.3) is 22.3 Å². The molecule has 0 aliphatic carbocycles. The van der Waals surface area contributed by atoms with E-state index in [9.17, 15) is 4.57 Å². The Balaban J connectivity index is 1.55. The fraction of sp³-hybridized carbons (Fsp3) is 0.118. The average Bonchev–Trinajstić information content (AvgIpc) is 2.94. The summed E-state index contributed by atoms with van der Waals surface area (Å²) in [6.07, 6.45) is 0. The van der Waals surface area contributed by atoms with Crippen molar-refractivity contribution >= 4 is 7.82 Å². The predicted molar refractivity (Wildman–Crippen MR) is 158 cm³/mol. The van der Waals surface area contributed by atoms with Crippen molar-refractivity contribution in [1.29, 1.82) is 0 Å². The molecular formula is C34H31O4P. The summed E-state index contributed by atoms with van der Waals surface area (Å²) in [5.41, 5.74) is 4.53. The van der Waals surface area contributed by atoms with E-state index in [4.69, 9.17) is 13.6 Å². The lowest BCUT2D eigenvalue weighted by molar-refractivity contribution is 0.299. The van der Waals surface area contributed by atoms with Crippen LogP contribution in [-0.2, 0) is 9.98 Å². The van der Waals surface area contributed by atoms with Crippen molar-refractivity contribution in [3.05, 3.63) is 139 Å². The smallest absolute Gasteiger partial charge is 0.386 e. The normalized spacial score (nSPS) is 11.6. The van der Waals surface area contributed by atoms with Gasteiger partial charge < -0.3 is 13.6 Å². The number of benzene rings is 5. The first-order chi connectivity index (χ1) is 18.8. The van der Waals surface area contributed by atoms with Gasteiger partial charge in [0, 0.05) is 11.1 Å². The molecule has 0 saturated heterocycles. The largest absolute Gasteiger partial charge is 0.647 e. The Bertz CT molecular complexity index is 1480. The molecule has 0 amide bonds. The van der Waals surface area contributed by atoms with Gasteiger partial charge in [-0.1, -0.05) is 130 Å². The summed E-state index contributed by atoms with van der Waals surface area (Å²) in [5, 5.41) is 0. The minimum absolute atomic E-state index is 0.0293. The van der Waals surface area contributed by atoms with Crippen molar-refractivity contribution in [2.75, 3.05) is 0 Å². The Morgan fingerprint density at radius 2 is 0.897 bits per heavy atom. The molecule has 0 spiro atoms. The zero-order valence-electron chi connectivity index (χ0n) is 22.3. The maximum Gasteiger partial charge on any atom is 0.647 e. The summed E-state index contributed by atoms with van der Waals surface area (Å²) in [6.45, 7) is 6.42. The number of phosphoric ester groups is 1. The molecule has 0 aliphatic rings. The first kappa shape index (κ1) is 26.3. The van der Waals surface area contributed by atoms with Gasteiger partial charge in [0.05, 0.1) is 0 Å². The minimum Gasteiger partial charge on any atom is -0.386 e. The first-order valence-electron chi connectivity index (χ1n) is 12.9. The molecular weight excluding hydrogens is 503 g/mol. The fourth-order valence-electron chi connectivity index (χ4n) is 4.25. The van der Waals surface area contributed by atoms with Crippen molar-refractivity contribution in [2.24, 2.45) is 0 Å². The summed E-state index contributed by atoms with van der Waals surface area (Å²) in [7, 11) is -4.24. The second kappa shape index (κ2) is 11.2. The summed E-state index contributed by atoms with van der Waals surface area (Å²) >= 11 is 0. The van der Waals surface area contributed by atoms with Crippen LogP contribution in [0.1, 0.15) is 26.3 Å². The number of para-hydroxylation sites is 2. The molecule has 0 radical (unpaired) electrons. The van der Waals surface area contributed by atoms with Gasteiger partial charge >= 0.3 is 7.82 Å². The number of hydrogen-bond donors (Lipinski definition) is 0. The maximum absolute atomic E-state index is 14.5. The molecule has 5 aromatic rings. The molecule has 39 heavy (non-hydrogen) atoms. The van der Waals surface area contributed by atoms with Crippen LogP contribution >= 0.6 is 7.82 Å². The van der Waals surface area contributed by atoms with E-state index < -0.39 is 7.82 Å². The highest BCUT2D eigenvalue weighted by atomic mass is 31.2. The Labute approximate surface area is 230 Å². The summed E-state index contributed by atoms with van der Waals surface area (Å²) in [4.78, 5) is 0. The van der Waals surface area contributed by atoms with Crippen LogP contribution in [0, 0.1) is 0 Å². The van der Waals surface area contributed by atoms with E-state index in [1.54, 1.807) is 24.3 Å². The average molecular weight is 535 g/mol. The Hall–Kier alpha value is -4.27. The van der Waals surface area contributed by atoms with Crippen LogP contribution in [0.3, 0.4) is 0 Å². The van der Waals surface area contributed by atoms with E-state index >= 15 is 0 Å². The quantitative estimate of drug-likeness (QED) is 0.186. The van der Waals surface area contributed by atoms with Crippen molar-refractivity contribution in [1.82, 2.24) is 0 Å². The van der Waals surface area contributed by atoms with Crippen LogP contribution in [0.4, 0.5) is 0 Å². The molecule has 0 atom stereocenters. The Kier molecular flexibility index (Phi) is 7.58. The molecule has 4 nitrogen and oxygen atoms in total. The molecule has 5 rings (SSSR count). The maximum atomic E-state index is 14.5. The number of rotatable bonds is 8. The van der Waals surface area contributed by atoms with Gasteiger partial charge in [-0.25, -0.2) is 0 Å². The second-order valence-electron chi connectivity index (χ2n) is 10.2. The molecule has 5 heteroatoms. The summed E-state index contributed by atoms with van der Waals surface area (Å²) in [6, 6.07) is 42.0. The van der Waals surface area contributed by atoms with Gasteiger partial charge in [-0.2, -0.15) is 4.57 Å². The van der Waals surface area contributed by atoms with Gasteiger partial charge in [0.1, 0.15) is 17.2 Å². The second-order valence-corrected chi connectivity index (χ2v) is 11.7. The summed E-state index contributed by atoms with van der Waals surface area (Å²) in [5.74, 6) is 1.19. The highest BCUT2D eigenvalue weighted by molar-refractivity contribution is 7.49. The third-order valence-corrected chi connectivity index (χ3v) is 7.58. The van der Waals surface area contributed by atoms with Crippen LogP contribution in [0.15, 0.2) is 133 Å². The van der Waals surface area contributed by atoms with E-state index in [0.29, 0.717) is 17.2 Å². The van der Waals surface area contributed by atoms with Crippen LogP contribution < -0.4 is 13.6 Å². The Morgan fingerprint density at radius 3 is 1.33 bits per heavy atom. The molecule has 0 aromatic heterocycles. The standard InChI is InChI=1S/C34H31O4P/c1-34(2,3)28-22-24-29(25-23-28)36-39(35,37-32-20-12-10-18-30(32)26-14-6-4-7-15-26)38-33-21-13-11-19-31(33)27-16-8-5-9-17-27/h4-25H,1-3H3. The third-order valence-electron chi connectivity index (χ3n) is 6.30. The van der Waals surface area contributed by atoms with E-state index in [0.717, 1.165) is 27.8 Å². The summed E-state index contributed by atoms with van der Waals surface area (Å²) < 4.78 is 33.0. The first-order valence-corrected chi connectivity index (χ1v) is 14.4. The third kappa shape index (κ3) is 6.42. The van der Waals surface area contributed by atoms with E-state index in [2.05, 4.69) is 20.8 Å². The van der Waals surface area contributed by atoms with Crippen LogP contribution in [-0.4, -0.2) is 0 Å². The van der Waals surface area contributed by atoms with E-state index in [1.165, 1.54) is 0 Å². The lowest BCUT2D eigenvalue weighted by Crippen LogP contribution is -2.11. The molecule has 0 fully saturated rings. The molecule has 0 heterocycles. The van der Waals surface area contributed by atoms with Gasteiger partial charge in [0.15, 0.2) is 0 Å². The lowest BCUT2D eigenvalue weighted by atomic mass is 9.87. The molecule has 196 valence electrons. The molecule has 5 aromatic carbocycles.